The smallest absolute Gasteiger partial charge is 0.181 e. The van der Waals surface area contributed by atoms with Crippen molar-refractivity contribution in [1.29, 1.82) is 0 Å². The van der Waals surface area contributed by atoms with Crippen LogP contribution in [0.5, 0.6) is 0 Å². The Morgan fingerprint density at radius 1 is 0.914 bits per heavy atom. The molecule has 0 saturated carbocycles. The molecule has 0 spiro atoms. The number of nitrogens with zero attached hydrogens (tertiary/aromatic N) is 5. The molecule has 7 nitrogen and oxygen atoms in total. The second-order valence-corrected chi connectivity index (χ2v) is 9.05. The van der Waals surface area contributed by atoms with Crippen molar-refractivity contribution in [2.75, 3.05) is 0 Å². The summed E-state index contributed by atoms with van der Waals surface area (Å²) in [7, 11) is 0. The first kappa shape index (κ1) is 21.1. The van der Waals surface area contributed by atoms with Crippen LogP contribution in [0.1, 0.15) is 19.4 Å². The molecular formula is C27H22FN7. The highest BCUT2D eigenvalue weighted by Gasteiger charge is 2.17. The maximum atomic E-state index is 13.8. The summed E-state index contributed by atoms with van der Waals surface area (Å²) in [6.07, 6.45) is 9.95. The number of hydrogen-bond donors (Lipinski definition) is 2. The Labute approximate surface area is 200 Å². The number of nitrogens with one attached hydrogen (secondary N) is 2. The van der Waals surface area contributed by atoms with E-state index < -0.39 is 0 Å². The number of rotatable bonds is 5. The number of H-pyrrole nitrogens is 2. The Balaban J connectivity index is 1.45. The maximum absolute atomic E-state index is 13.8. The van der Waals surface area contributed by atoms with Gasteiger partial charge in [0.05, 0.1) is 22.6 Å². The zero-order valence-electron chi connectivity index (χ0n) is 19.2. The van der Waals surface area contributed by atoms with Gasteiger partial charge in [0, 0.05) is 41.5 Å². The average Bonchev–Trinajstić information content (AvgIpc) is 3.47. The largest absolute Gasteiger partial charge is 0.335 e. The first-order chi connectivity index (χ1) is 17.0. The molecule has 1 aromatic carbocycles. The number of pyridine rings is 3. The number of halogens is 1. The van der Waals surface area contributed by atoms with E-state index in [1.165, 1.54) is 17.7 Å². The van der Waals surface area contributed by atoms with Gasteiger partial charge in [-0.05, 0) is 47.7 Å². The minimum atomic E-state index is -0.305. The summed E-state index contributed by atoms with van der Waals surface area (Å²) in [6, 6.07) is 10.6. The maximum Gasteiger partial charge on any atom is 0.181 e. The summed E-state index contributed by atoms with van der Waals surface area (Å²) in [5.41, 5.74) is 7.40. The van der Waals surface area contributed by atoms with Crippen molar-refractivity contribution in [3.63, 3.8) is 0 Å². The van der Waals surface area contributed by atoms with Crippen LogP contribution in [0.3, 0.4) is 0 Å². The molecule has 5 aromatic heterocycles. The minimum absolute atomic E-state index is 0.305. The fraction of sp³-hybridized carbons (Fsp3) is 0.148. The predicted molar refractivity (Wildman–Crippen MR) is 134 cm³/mol. The van der Waals surface area contributed by atoms with Gasteiger partial charge in [-0.3, -0.25) is 15.1 Å². The molecule has 0 unspecified atom stereocenters. The molecule has 6 aromatic rings. The van der Waals surface area contributed by atoms with E-state index in [9.17, 15) is 4.39 Å². The van der Waals surface area contributed by atoms with Crippen molar-refractivity contribution in [1.82, 2.24) is 35.1 Å². The molecule has 2 N–H and O–H groups in total. The third-order valence-electron chi connectivity index (χ3n) is 5.95. The normalized spacial score (nSPS) is 11.7. The van der Waals surface area contributed by atoms with Gasteiger partial charge in [0.15, 0.2) is 11.5 Å². The monoisotopic (exact) mass is 463 g/mol. The van der Waals surface area contributed by atoms with Gasteiger partial charge in [-0.15, -0.1) is 0 Å². The van der Waals surface area contributed by atoms with Crippen LogP contribution in [0.25, 0.3) is 55.8 Å². The highest BCUT2D eigenvalue weighted by atomic mass is 19.1. The van der Waals surface area contributed by atoms with Crippen molar-refractivity contribution in [2.45, 2.75) is 20.3 Å². The molecule has 0 aliphatic rings. The Bertz CT molecular complexity index is 1680. The van der Waals surface area contributed by atoms with Gasteiger partial charge in [0.2, 0.25) is 0 Å². The van der Waals surface area contributed by atoms with Gasteiger partial charge in [-0.25, -0.2) is 14.4 Å². The van der Waals surface area contributed by atoms with Crippen LogP contribution in [0.4, 0.5) is 4.39 Å². The zero-order valence-corrected chi connectivity index (χ0v) is 19.2. The van der Waals surface area contributed by atoms with Crippen LogP contribution in [-0.2, 0) is 6.42 Å². The Morgan fingerprint density at radius 2 is 1.77 bits per heavy atom. The summed E-state index contributed by atoms with van der Waals surface area (Å²) in [4.78, 5) is 21.5. The number of imidazole rings is 1. The van der Waals surface area contributed by atoms with E-state index in [1.54, 1.807) is 18.5 Å². The highest BCUT2D eigenvalue weighted by Crippen LogP contribution is 2.32. The van der Waals surface area contributed by atoms with E-state index in [2.05, 4.69) is 56.1 Å². The van der Waals surface area contributed by atoms with Crippen molar-refractivity contribution in [2.24, 2.45) is 5.92 Å². The van der Waals surface area contributed by atoms with E-state index in [4.69, 9.17) is 4.98 Å². The van der Waals surface area contributed by atoms with E-state index in [-0.39, 0.29) is 5.82 Å². The minimum Gasteiger partial charge on any atom is -0.335 e. The van der Waals surface area contributed by atoms with Gasteiger partial charge in [0.25, 0.3) is 0 Å². The lowest BCUT2D eigenvalue weighted by Crippen LogP contribution is -1.95. The molecule has 0 aliphatic carbocycles. The van der Waals surface area contributed by atoms with E-state index in [0.717, 1.165) is 39.7 Å². The first-order valence-electron chi connectivity index (χ1n) is 11.4. The van der Waals surface area contributed by atoms with Gasteiger partial charge < -0.3 is 4.98 Å². The van der Waals surface area contributed by atoms with Crippen molar-refractivity contribution >= 4 is 22.1 Å². The second-order valence-electron chi connectivity index (χ2n) is 9.05. The predicted octanol–water partition coefficient (Wildman–Crippen LogP) is 5.96. The molecule has 35 heavy (non-hydrogen) atoms. The lowest BCUT2D eigenvalue weighted by Gasteiger charge is -2.07. The van der Waals surface area contributed by atoms with Crippen LogP contribution >= 0.6 is 0 Å². The number of aromatic amines is 2. The zero-order chi connectivity index (χ0) is 23.9. The van der Waals surface area contributed by atoms with Gasteiger partial charge in [0.1, 0.15) is 11.5 Å². The standard InChI is InChI=1S/C27H22FN7/c1-15(2)6-16-7-18(11-29-10-16)19-9-21-25(34-35-26(21)31-12-19)27-32-23-14-30-13-22(24(23)33-27)17-4-3-5-20(28)8-17/h3-5,7-15H,6H2,1-2H3,(H,32,33)(H,31,34,35). The molecule has 0 bridgehead atoms. The first-order valence-corrected chi connectivity index (χ1v) is 11.4. The summed E-state index contributed by atoms with van der Waals surface area (Å²) in [6.45, 7) is 4.39. The fourth-order valence-electron chi connectivity index (χ4n) is 4.39. The van der Waals surface area contributed by atoms with Crippen LogP contribution in [-0.4, -0.2) is 35.1 Å². The van der Waals surface area contributed by atoms with Gasteiger partial charge in [-0.1, -0.05) is 26.0 Å². The van der Waals surface area contributed by atoms with Crippen molar-refractivity contribution in [3.05, 3.63) is 78.8 Å². The van der Waals surface area contributed by atoms with Crippen LogP contribution in [0.2, 0.25) is 0 Å². The Morgan fingerprint density at radius 3 is 2.63 bits per heavy atom. The molecule has 0 atom stereocenters. The van der Waals surface area contributed by atoms with E-state index >= 15 is 0 Å². The van der Waals surface area contributed by atoms with E-state index in [1.807, 2.05) is 24.7 Å². The quantitative estimate of drug-likeness (QED) is 0.329. The highest BCUT2D eigenvalue weighted by molar-refractivity contribution is 5.96. The molecule has 172 valence electrons. The Kier molecular flexibility index (Phi) is 5.06. The topological polar surface area (TPSA) is 96.0 Å². The summed E-state index contributed by atoms with van der Waals surface area (Å²) in [5, 5.41) is 8.29. The van der Waals surface area contributed by atoms with Crippen LogP contribution in [0, 0.1) is 11.7 Å². The van der Waals surface area contributed by atoms with Crippen LogP contribution in [0.15, 0.2) is 67.4 Å². The summed E-state index contributed by atoms with van der Waals surface area (Å²) < 4.78 is 13.8. The lowest BCUT2D eigenvalue weighted by atomic mass is 10.0. The van der Waals surface area contributed by atoms with Gasteiger partial charge in [-0.2, -0.15) is 5.10 Å². The third kappa shape index (κ3) is 3.93. The third-order valence-corrected chi connectivity index (χ3v) is 5.95. The molecule has 0 radical (unpaired) electrons. The molecule has 0 aliphatic heterocycles. The van der Waals surface area contributed by atoms with Crippen molar-refractivity contribution < 1.29 is 4.39 Å². The molecule has 0 amide bonds. The fourth-order valence-corrected chi connectivity index (χ4v) is 4.39. The molecule has 8 heteroatoms. The number of aromatic nitrogens is 7. The summed E-state index contributed by atoms with van der Waals surface area (Å²) in [5.74, 6) is 0.854. The molecular weight excluding hydrogens is 441 g/mol. The summed E-state index contributed by atoms with van der Waals surface area (Å²) >= 11 is 0. The number of hydrogen-bond acceptors (Lipinski definition) is 5. The van der Waals surface area contributed by atoms with E-state index in [0.29, 0.717) is 28.5 Å². The average molecular weight is 464 g/mol. The molecule has 0 fully saturated rings. The lowest BCUT2D eigenvalue weighted by molar-refractivity contribution is 0.628. The molecule has 6 rings (SSSR count). The number of benzene rings is 1. The Hall–Kier alpha value is -4.46. The van der Waals surface area contributed by atoms with Crippen molar-refractivity contribution in [3.8, 4) is 33.8 Å². The number of fused-ring (bicyclic) bond motifs is 2. The molecule has 5 heterocycles. The molecule has 0 saturated heterocycles. The van der Waals surface area contributed by atoms with Crippen LogP contribution < -0.4 is 0 Å². The SMILES string of the molecule is CC(C)Cc1cncc(-c2cnc3n[nH]c(-c4nc5c(-c6cccc(F)c6)cncc5[nH]4)c3c2)c1. The second kappa shape index (κ2) is 8.39. The van der Waals surface area contributed by atoms with Gasteiger partial charge >= 0.3 is 0 Å².